The van der Waals surface area contributed by atoms with Crippen LogP contribution in [0.2, 0.25) is 0 Å². The van der Waals surface area contributed by atoms with E-state index in [1.54, 1.807) is 12.1 Å². The molecule has 0 radical (unpaired) electrons. The topological polar surface area (TPSA) is 60.9 Å². The van der Waals surface area contributed by atoms with E-state index in [1.807, 2.05) is 35.9 Å². The van der Waals surface area contributed by atoms with Gasteiger partial charge in [-0.1, -0.05) is 26.0 Å². The number of fused-ring (bicyclic) bond motifs is 1. The third kappa shape index (κ3) is 2.65. The molecule has 0 aliphatic carbocycles. The van der Waals surface area contributed by atoms with E-state index in [0.717, 1.165) is 22.6 Å². The predicted octanol–water partition coefficient (Wildman–Crippen LogP) is 3.72. The van der Waals surface area contributed by atoms with Crippen LogP contribution in [0.4, 0.5) is 4.39 Å². The number of imidazole rings is 1. The summed E-state index contributed by atoms with van der Waals surface area (Å²) in [4.78, 5) is 8.35. The normalized spacial score (nSPS) is 12.0. The zero-order valence-electron chi connectivity index (χ0n) is 15.1. The van der Waals surface area contributed by atoms with Gasteiger partial charge in [0.05, 0.1) is 11.4 Å². The lowest BCUT2D eigenvalue weighted by molar-refractivity contribution is 0.564. The molecule has 0 aliphatic heterocycles. The Hall–Kier alpha value is -3.09. The Morgan fingerprint density at radius 3 is 2.62 bits per heavy atom. The van der Waals surface area contributed by atoms with Crippen molar-refractivity contribution >= 4 is 5.65 Å². The number of pyridine rings is 2. The largest absolute Gasteiger partial charge is 0.306 e. The Bertz CT molecular complexity index is 1100. The molecule has 4 rings (SSSR count). The summed E-state index contributed by atoms with van der Waals surface area (Å²) in [5, 5.41) is 8.36. The standard InChI is InChI=1S/C19H19FN6/c1-12-17(23-24-26(12)14-6-5-9-21-18(14)20)13-7-8-16-22-15(19(2,3)4)11-25(16)10-13/h5-11H,1-4H3. The van der Waals surface area contributed by atoms with E-state index in [-0.39, 0.29) is 11.1 Å². The highest BCUT2D eigenvalue weighted by Gasteiger charge is 2.19. The number of nitrogens with zero attached hydrogens (tertiary/aromatic N) is 6. The molecule has 0 atom stereocenters. The second kappa shape index (κ2) is 5.72. The highest BCUT2D eigenvalue weighted by atomic mass is 19.1. The highest BCUT2D eigenvalue weighted by molar-refractivity contribution is 5.63. The molecule has 0 bridgehead atoms. The van der Waals surface area contributed by atoms with Crippen LogP contribution in [0.3, 0.4) is 0 Å². The number of hydrogen-bond donors (Lipinski definition) is 0. The van der Waals surface area contributed by atoms with Crippen LogP contribution >= 0.6 is 0 Å². The molecule has 4 aromatic rings. The number of halogens is 1. The first-order valence-electron chi connectivity index (χ1n) is 8.37. The van der Waals surface area contributed by atoms with Crippen LogP contribution in [0.15, 0.2) is 42.9 Å². The molecular formula is C19H19FN6. The Labute approximate surface area is 150 Å². The first-order valence-corrected chi connectivity index (χ1v) is 8.37. The maximum absolute atomic E-state index is 14.0. The van der Waals surface area contributed by atoms with Crippen LogP contribution < -0.4 is 0 Å². The predicted molar refractivity (Wildman–Crippen MR) is 96.7 cm³/mol. The Balaban J connectivity index is 1.80. The minimum Gasteiger partial charge on any atom is -0.306 e. The van der Waals surface area contributed by atoms with Gasteiger partial charge in [0.15, 0.2) is 0 Å². The molecular weight excluding hydrogens is 331 g/mol. The van der Waals surface area contributed by atoms with Crippen molar-refractivity contribution in [1.29, 1.82) is 0 Å². The van der Waals surface area contributed by atoms with Crippen LogP contribution in [0, 0.1) is 12.9 Å². The fourth-order valence-electron chi connectivity index (χ4n) is 2.85. The molecule has 0 unspecified atom stereocenters. The van der Waals surface area contributed by atoms with Crippen molar-refractivity contribution in [2.45, 2.75) is 33.1 Å². The van der Waals surface area contributed by atoms with E-state index in [1.165, 1.54) is 10.9 Å². The third-order valence-corrected chi connectivity index (χ3v) is 4.36. The summed E-state index contributed by atoms with van der Waals surface area (Å²) in [6.45, 7) is 8.26. The number of hydrogen-bond acceptors (Lipinski definition) is 4. The fourth-order valence-corrected chi connectivity index (χ4v) is 2.85. The van der Waals surface area contributed by atoms with E-state index in [9.17, 15) is 4.39 Å². The van der Waals surface area contributed by atoms with Crippen LogP contribution in [-0.2, 0) is 5.41 Å². The van der Waals surface area contributed by atoms with Gasteiger partial charge < -0.3 is 4.40 Å². The molecule has 132 valence electrons. The van der Waals surface area contributed by atoms with E-state index in [0.29, 0.717) is 5.69 Å². The van der Waals surface area contributed by atoms with Gasteiger partial charge in [-0.2, -0.15) is 4.39 Å². The van der Waals surface area contributed by atoms with Crippen molar-refractivity contribution in [3.63, 3.8) is 0 Å². The van der Waals surface area contributed by atoms with Crippen molar-refractivity contribution in [3.8, 4) is 16.9 Å². The van der Waals surface area contributed by atoms with Crippen LogP contribution in [-0.4, -0.2) is 29.4 Å². The van der Waals surface area contributed by atoms with Gasteiger partial charge in [-0.25, -0.2) is 14.6 Å². The van der Waals surface area contributed by atoms with Gasteiger partial charge >= 0.3 is 0 Å². The molecule has 4 heterocycles. The SMILES string of the molecule is Cc1c(-c2ccc3nc(C(C)(C)C)cn3c2)nnn1-c1cccnc1F. The second-order valence-electron chi connectivity index (χ2n) is 7.31. The molecule has 26 heavy (non-hydrogen) atoms. The number of aromatic nitrogens is 6. The van der Waals surface area contributed by atoms with E-state index in [2.05, 4.69) is 41.1 Å². The van der Waals surface area contributed by atoms with Gasteiger partial charge in [0.25, 0.3) is 0 Å². The summed E-state index contributed by atoms with van der Waals surface area (Å²) in [6, 6.07) is 7.21. The summed E-state index contributed by atoms with van der Waals surface area (Å²) < 4.78 is 17.4. The van der Waals surface area contributed by atoms with Gasteiger partial charge in [-0.15, -0.1) is 5.10 Å². The Kier molecular flexibility index (Phi) is 3.61. The van der Waals surface area contributed by atoms with Gasteiger partial charge in [0.1, 0.15) is 17.0 Å². The molecule has 6 nitrogen and oxygen atoms in total. The summed E-state index contributed by atoms with van der Waals surface area (Å²) in [6.07, 6.45) is 5.41. The average Bonchev–Trinajstić information content (AvgIpc) is 3.18. The molecule has 0 saturated heterocycles. The molecule has 0 fully saturated rings. The zero-order valence-corrected chi connectivity index (χ0v) is 15.1. The molecule has 0 amide bonds. The van der Waals surface area contributed by atoms with Crippen molar-refractivity contribution in [2.75, 3.05) is 0 Å². The average molecular weight is 350 g/mol. The van der Waals surface area contributed by atoms with Gasteiger partial charge in [0, 0.05) is 29.6 Å². The summed E-state index contributed by atoms with van der Waals surface area (Å²) in [7, 11) is 0. The highest BCUT2D eigenvalue weighted by Crippen LogP contribution is 2.26. The summed E-state index contributed by atoms with van der Waals surface area (Å²) in [5.41, 5.74) is 4.48. The van der Waals surface area contributed by atoms with E-state index < -0.39 is 5.95 Å². The lowest BCUT2D eigenvalue weighted by Crippen LogP contribution is -2.11. The van der Waals surface area contributed by atoms with Crippen LogP contribution in [0.5, 0.6) is 0 Å². The zero-order chi connectivity index (χ0) is 18.5. The van der Waals surface area contributed by atoms with Crippen molar-refractivity contribution in [2.24, 2.45) is 0 Å². The summed E-state index contributed by atoms with van der Waals surface area (Å²) in [5.74, 6) is -0.577. The first kappa shape index (κ1) is 16.4. The molecule has 0 aliphatic rings. The molecule has 4 aromatic heterocycles. The van der Waals surface area contributed by atoms with E-state index >= 15 is 0 Å². The third-order valence-electron chi connectivity index (χ3n) is 4.36. The maximum Gasteiger partial charge on any atom is 0.238 e. The molecule has 7 heteroatoms. The minimum atomic E-state index is -0.577. The smallest absolute Gasteiger partial charge is 0.238 e. The fraction of sp³-hybridized carbons (Fsp3) is 0.263. The lowest BCUT2D eigenvalue weighted by atomic mass is 9.93. The first-order chi connectivity index (χ1) is 12.3. The molecule has 0 saturated carbocycles. The van der Waals surface area contributed by atoms with Gasteiger partial charge in [0.2, 0.25) is 5.95 Å². The molecule has 0 aromatic carbocycles. The summed E-state index contributed by atoms with van der Waals surface area (Å²) >= 11 is 0. The number of rotatable bonds is 2. The van der Waals surface area contributed by atoms with Gasteiger partial charge in [-0.05, 0) is 31.2 Å². The Morgan fingerprint density at radius 2 is 1.88 bits per heavy atom. The minimum absolute atomic E-state index is 0.0247. The molecule has 0 N–H and O–H groups in total. The second-order valence-corrected chi connectivity index (χ2v) is 7.31. The van der Waals surface area contributed by atoms with Crippen molar-refractivity contribution in [3.05, 3.63) is 60.2 Å². The monoisotopic (exact) mass is 350 g/mol. The quantitative estimate of drug-likeness (QED) is 0.517. The molecule has 0 spiro atoms. The van der Waals surface area contributed by atoms with Crippen molar-refractivity contribution < 1.29 is 4.39 Å². The van der Waals surface area contributed by atoms with Crippen molar-refractivity contribution in [1.82, 2.24) is 29.4 Å². The van der Waals surface area contributed by atoms with Crippen LogP contribution in [0.1, 0.15) is 32.2 Å². The maximum atomic E-state index is 14.0. The van der Waals surface area contributed by atoms with Gasteiger partial charge in [-0.3, -0.25) is 0 Å². The van der Waals surface area contributed by atoms with E-state index in [4.69, 9.17) is 0 Å². The lowest BCUT2D eigenvalue weighted by Gasteiger charge is -2.13. The van der Waals surface area contributed by atoms with Crippen LogP contribution in [0.25, 0.3) is 22.6 Å². The Morgan fingerprint density at radius 1 is 1.08 bits per heavy atom.